The van der Waals surface area contributed by atoms with Crippen LogP contribution in [0.5, 0.6) is 0 Å². The van der Waals surface area contributed by atoms with Gasteiger partial charge in [0.05, 0.1) is 11.3 Å². The number of carbonyl (C=O) groups excluding carboxylic acids is 1. The Bertz CT molecular complexity index is 943. The molecule has 1 amide bonds. The molecule has 0 radical (unpaired) electrons. The fourth-order valence-electron chi connectivity index (χ4n) is 2.96. The molecule has 2 heterocycles. The van der Waals surface area contributed by atoms with Crippen molar-refractivity contribution in [1.82, 2.24) is 14.7 Å². The number of fused-ring (bicyclic) bond motifs is 1. The normalized spacial score (nSPS) is 11.0. The molecular formula is C19H20FN3O. The van der Waals surface area contributed by atoms with Gasteiger partial charge >= 0.3 is 0 Å². The van der Waals surface area contributed by atoms with Crippen molar-refractivity contribution in [2.45, 2.75) is 27.2 Å². The van der Waals surface area contributed by atoms with Gasteiger partial charge in [0.15, 0.2) is 0 Å². The van der Waals surface area contributed by atoms with Crippen molar-refractivity contribution in [2.24, 2.45) is 0 Å². The van der Waals surface area contributed by atoms with E-state index in [1.165, 1.54) is 13.1 Å². The number of imidazole rings is 1. The monoisotopic (exact) mass is 325 g/mol. The topological polar surface area (TPSA) is 46.4 Å². The standard InChI is InChI=1S/C19H20FN3O/c1-5-13-9-15(19(24)21-4)16(20)10-14(13)18-12(3)23-7-6-11(2)8-17(23)22-18/h6-10H,5H2,1-4H3,(H,21,24). The first kappa shape index (κ1) is 16.2. The van der Waals surface area contributed by atoms with Crippen molar-refractivity contribution in [3.8, 4) is 11.3 Å². The molecular weight excluding hydrogens is 305 g/mol. The second-order valence-electron chi connectivity index (χ2n) is 5.90. The third kappa shape index (κ3) is 2.56. The Balaban J connectivity index is 2.24. The van der Waals surface area contributed by atoms with Crippen molar-refractivity contribution < 1.29 is 9.18 Å². The van der Waals surface area contributed by atoms with Gasteiger partial charge in [-0.15, -0.1) is 0 Å². The molecule has 3 aromatic rings. The minimum absolute atomic E-state index is 0.0651. The molecule has 5 heteroatoms. The van der Waals surface area contributed by atoms with Gasteiger partial charge in [-0.2, -0.15) is 0 Å². The lowest BCUT2D eigenvalue weighted by atomic mass is 9.97. The number of nitrogens with one attached hydrogen (secondary N) is 1. The van der Waals surface area contributed by atoms with Gasteiger partial charge in [0.2, 0.25) is 0 Å². The van der Waals surface area contributed by atoms with E-state index in [9.17, 15) is 9.18 Å². The molecule has 0 saturated heterocycles. The van der Waals surface area contributed by atoms with E-state index in [2.05, 4.69) is 10.3 Å². The summed E-state index contributed by atoms with van der Waals surface area (Å²) in [5.74, 6) is -0.953. The molecule has 0 aliphatic rings. The van der Waals surface area contributed by atoms with E-state index in [-0.39, 0.29) is 5.56 Å². The molecule has 0 spiro atoms. The van der Waals surface area contributed by atoms with Crippen LogP contribution >= 0.6 is 0 Å². The maximum absolute atomic E-state index is 14.4. The lowest BCUT2D eigenvalue weighted by Crippen LogP contribution is -2.19. The minimum Gasteiger partial charge on any atom is -0.355 e. The number of pyridine rings is 1. The summed E-state index contributed by atoms with van der Waals surface area (Å²) in [5, 5.41) is 2.47. The second kappa shape index (κ2) is 6.07. The highest BCUT2D eigenvalue weighted by Gasteiger charge is 2.19. The van der Waals surface area contributed by atoms with Crippen LogP contribution in [0.2, 0.25) is 0 Å². The highest BCUT2D eigenvalue weighted by molar-refractivity contribution is 5.95. The van der Waals surface area contributed by atoms with Gasteiger partial charge < -0.3 is 9.72 Å². The van der Waals surface area contributed by atoms with Gasteiger partial charge in [0.25, 0.3) is 5.91 Å². The van der Waals surface area contributed by atoms with E-state index >= 15 is 0 Å². The average molecular weight is 325 g/mol. The van der Waals surface area contributed by atoms with E-state index in [1.54, 1.807) is 6.07 Å². The van der Waals surface area contributed by atoms with Crippen LogP contribution in [0.15, 0.2) is 30.5 Å². The lowest BCUT2D eigenvalue weighted by molar-refractivity contribution is 0.0959. The van der Waals surface area contributed by atoms with Gasteiger partial charge in [0, 0.05) is 24.5 Å². The van der Waals surface area contributed by atoms with Gasteiger partial charge in [-0.3, -0.25) is 4.79 Å². The maximum atomic E-state index is 14.4. The first-order chi connectivity index (χ1) is 11.5. The minimum atomic E-state index is -0.533. The first-order valence-corrected chi connectivity index (χ1v) is 7.96. The first-order valence-electron chi connectivity index (χ1n) is 7.96. The van der Waals surface area contributed by atoms with E-state index in [4.69, 9.17) is 0 Å². The van der Waals surface area contributed by atoms with Crippen LogP contribution in [0, 0.1) is 19.7 Å². The Kier molecular flexibility index (Phi) is 4.09. The third-order valence-corrected chi connectivity index (χ3v) is 4.32. The Morgan fingerprint density at radius 1 is 1.29 bits per heavy atom. The number of hydrogen-bond acceptors (Lipinski definition) is 2. The number of aryl methyl sites for hydroxylation is 3. The zero-order valence-corrected chi connectivity index (χ0v) is 14.3. The molecule has 0 saturated carbocycles. The van der Waals surface area contributed by atoms with Crippen molar-refractivity contribution in [3.05, 3.63) is 58.7 Å². The van der Waals surface area contributed by atoms with E-state index in [1.807, 2.05) is 43.5 Å². The predicted molar refractivity (Wildman–Crippen MR) is 92.8 cm³/mol. The molecule has 0 unspecified atom stereocenters. The van der Waals surface area contributed by atoms with Gasteiger partial charge in [0.1, 0.15) is 11.5 Å². The highest BCUT2D eigenvalue weighted by Crippen LogP contribution is 2.30. The van der Waals surface area contributed by atoms with Gasteiger partial charge in [-0.05, 0) is 55.7 Å². The Hall–Kier alpha value is -2.69. The number of halogens is 1. The number of rotatable bonds is 3. The van der Waals surface area contributed by atoms with Crippen LogP contribution in [0.25, 0.3) is 16.9 Å². The summed E-state index contributed by atoms with van der Waals surface area (Å²) in [6.45, 7) is 5.97. The molecule has 24 heavy (non-hydrogen) atoms. The van der Waals surface area contributed by atoms with Crippen LogP contribution in [0.3, 0.4) is 0 Å². The molecule has 0 bridgehead atoms. The summed E-state index contributed by atoms with van der Waals surface area (Å²) in [6, 6.07) is 7.06. The van der Waals surface area contributed by atoms with Gasteiger partial charge in [-0.25, -0.2) is 9.37 Å². The SMILES string of the molecule is CCc1cc(C(=O)NC)c(F)cc1-c1nc2cc(C)ccn2c1C. The zero-order chi connectivity index (χ0) is 17.4. The van der Waals surface area contributed by atoms with Crippen molar-refractivity contribution in [3.63, 3.8) is 0 Å². The Morgan fingerprint density at radius 3 is 2.71 bits per heavy atom. The maximum Gasteiger partial charge on any atom is 0.254 e. The summed E-state index contributed by atoms with van der Waals surface area (Å²) in [7, 11) is 1.50. The van der Waals surface area contributed by atoms with E-state index in [0.29, 0.717) is 6.42 Å². The Morgan fingerprint density at radius 2 is 2.04 bits per heavy atom. The number of hydrogen-bond donors (Lipinski definition) is 1. The number of aromatic nitrogens is 2. The summed E-state index contributed by atoms with van der Waals surface area (Å²) in [5.41, 5.74) is 5.36. The molecule has 1 aromatic carbocycles. The van der Waals surface area contributed by atoms with Crippen molar-refractivity contribution in [1.29, 1.82) is 0 Å². The van der Waals surface area contributed by atoms with Crippen LogP contribution in [0.1, 0.15) is 34.1 Å². The molecule has 3 rings (SSSR count). The predicted octanol–water partition coefficient (Wildman–Crippen LogP) is 3.68. The molecule has 124 valence electrons. The van der Waals surface area contributed by atoms with E-state index in [0.717, 1.165) is 33.7 Å². The highest BCUT2D eigenvalue weighted by atomic mass is 19.1. The number of amides is 1. The second-order valence-corrected chi connectivity index (χ2v) is 5.90. The fraction of sp³-hybridized carbons (Fsp3) is 0.263. The van der Waals surface area contributed by atoms with Crippen LogP contribution in [-0.2, 0) is 6.42 Å². The quantitative estimate of drug-likeness (QED) is 0.798. The van der Waals surface area contributed by atoms with Crippen LogP contribution in [0.4, 0.5) is 4.39 Å². The molecule has 1 N–H and O–H groups in total. The third-order valence-electron chi connectivity index (χ3n) is 4.32. The molecule has 0 aliphatic heterocycles. The zero-order valence-electron chi connectivity index (χ0n) is 14.3. The smallest absolute Gasteiger partial charge is 0.254 e. The van der Waals surface area contributed by atoms with Crippen LogP contribution in [-0.4, -0.2) is 22.3 Å². The molecule has 0 atom stereocenters. The largest absolute Gasteiger partial charge is 0.355 e. The molecule has 0 fully saturated rings. The average Bonchev–Trinajstić information content (AvgIpc) is 2.89. The summed E-state index contributed by atoms with van der Waals surface area (Å²) in [6.07, 6.45) is 2.66. The van der Waals surface area contributed by atoms with Gasteiger partial charge in [-0.1, -0.05) is 6.92 Å². The lowest BCUT2D eigenvalue weighted by Gasteiger charge is -2.10. The number of carbonyl (C=O) groups is 1. The van der Waals surface area contributed by atoms with E-state index < -0.39 is 11.7 Å². The van der Waals surface area contributed by atoms with Crippen molar-refractivity contribution in [2.75, 3.05) is 7.05 Å². The van der Waals surface area contributed by atoms with Crippen LogP contribution < -0.4 is 5.32 Å². The summed E-state index contributed by atoms with van der Waals surface area (Å²) >= 11 is 0. The summed E-state index contributed by atoms with van der Waals surface area (Å²) < 4.78 is 16.4. The number of benzene rings is 1. The summed E-state index contributed by atoms with van der Waals surface area (Å²) in [4.78, 5) is 16.5. The molecule has 0 aliphatic carbocycles. The Labute approximate surface area is 140 Å². The van der Waals surface area contributed by atoms with Crippen molar-refractivity contribution >= 4 is 11.6 Å². The number of nitrogens with zero attached hydrogens (tertiary/aromatic N) is 2. The molecule has 4 nitrogen and oxygen atoms in total. The molecule has 2 aromatic heterocycles. The fourth-order valence-corrected chi connectivity index (χ4v) is 2.96.